The van der Waals surface area contributed by atoms with Crippen LogP contribution in [0.3, 0.4) is 0 Å². The summed E-state index contributed by atoms with van der Waals surface area (Å²) in [7, 11) is 0. The van der Waals surface area contributed by atoms with Crippen molar-refractivity contribution in [2.24, 2.45) is 5.92 Å². The van der Waals surface area contributed by atoms with Crippen molar-refractivity contribution in [3.05, 3.63) is 0 Å². The van der Waals surface area contributed by atoms with Crippen molar-refractivity contribution >= 4 is 5.97 Å². The van der Waals surface area contributed by atoms with Crippen molar-refractivity contribution in [2.45, 2.75) is 63.5 Å². The first-order chi connectivity index (χ1) is 7.25. The largest absolute Gasteiger partial charge is 0.481 e. The van der Waals surface area contributed by atoms with Gasteiger partial charge in [0.25, 0.3) is 0 Å². The third-order valence-corrected chi connectivity index (χ3v) is 3.85. The second-order valence-corrected chi connectivity index (χ2v) is 5.05. The molecule has 0 aromatic carbocycles. The Labute approximate surface area is 91.2 Å². The summed E-state index contributed by atoms with van der Waals surface area (Å²) in [6.45, 7) is 0. The molecule has 0 aromatic rings. The Morgan fingerprint density at radius 3 is 2.33 bits per heavy atom. The van der Waals surface area contributed by atoms with Crippen molar-refractivity contribution in [2.75, 3.05) is 0 Å². The second kappa shape index (κ2) is 4.97. The van der Waals surface area contributed by atoms with Crippen LogP contribution in [0, 0.1) is 5.92 Å². The maximum atomic E-state index is 10.9. The van der Waals surface area contributed by atoms with E-state index >= 15 is 0 Å². The summed E-state index contributed by atoms with van der Waals surface area (Å²) in [4.78, 5) is 10.9. The number of nitrogens with one attached hydrogen (secondary N) is 1. The van der Waals surface area contributed by atoms with E-state index in [0.717, 1.165) is 19.3 Å². The molecule has 0 aromatic heterocycles. The van der Waals surface area contributed by atoms with Gasteiger partial charge in [-0.2, -0.15) is 0 Å². The number of hydrogen-bond acceptors (Lipinski definition) is 2. The van der Waals surface area contributed by atoms with Crippen molar-refractivity contribution in [1.29, 1.82) is 0 Å². The Bertz CT molecular complexity index is 224. The van der Waals surface area contributed by atoms with Crippen LogP contribution in [-0.4, -0.2) is 23.2 Å². The van der Waals surface area contributed by atoms with Crippen LogP contribution in [0.2, 0.25) is 0 Å². The van der Waals surface area contributed by atoms with Crippen molar-refractivity contribution < 1.29 is 9.90 Å². The van der Waals surface area contributed by atoms with E-state index in [1.165, 1.54) is 32.1 Å². The highest BCUT2D eigenvalue weighted by molar-refractivity contribution is 5.70. The lowest BCUT2D eigenvalue weighted by molar-refractivity contribution is -0.143. The summed E-state index contributed by atoms with van der Waals surface area (Å²) in [5, 5.41) is 12.6. The minimum atomic E-state index is -0.604. The number of rotatable bonds is 3. The van der Waals surface area contributed by atoms with Gasteiger partial charge >= 0.3 is 5.97 Å². The fourth-order valence-electron chi connectivity index (χ4n) is 2.99. The smallest absolute Gasteiger partial charge is 0.306 e. The summed E-state index contributed by atoms with van der Waals surface area (Å²) in [5.41, 5.74) is 0. The lowest BCUT2D eigenvalue weighted by Gasteiger charge is -2.29. The fourth-order valence-corrected chi connectivity index (χ4v) is 2.99. The summed E-state index contributed by atoms with van der Waals surface area (Å²) >= 11 is 0. The summed E-state index contributed by atoms with van der Waals surface area (Å²) in [6, 6.07) is 1.13. The summed E-state index contributed by atoms with van der Waals surface area (Å²) < 4.78 is 0. The van der Waals surface area contributed by atoms with E-state index in [1.807, 2.05) is 0 Å². The molecule has 2 atom stereocenters. The summed E-state index contributed by atoms with van der Waals surface area (Å²) in [6.07, 6.45) is 9.20. The van der Waals surface area contributed by atoms with Gasteiger partial charge in [-0.15, -0.1) is 0 Å². The number of carbonyl (C=O) groups is 1. The van der Waals surface area contributed by atoms with Crippen molar-refractivity contribution in [1.82, 2.24) is 5.32 Å². The van der Waals surface area contributed by atoms with Crippen LogP contribution in [-0.2, 0) is 4.79 Å². The Hall–Kier alpha value is -0.570. The van der Waals surface area contributed by atoms with Gasteiger partial charge in [-0.3, -0.25) is 4.79 Å². The van der Waals surface area contributed by atoms with E-state index in [2.05, 4.69) is 5.32 Å². The van der Waals surface area contributed by atoms with E-state index in [0.29, 0.717) is 12.1 Å². The number of carboxylic acid groups (broad SMARTS) is 1. The van der Waals surface area contributed by atoms with Crippen molar-refractivity contribution in [3.63, 3.8) is 0 Å². The van der Waals surface area contributed by atoms with Gasteiger partial charge in [0.05, 0.1) is 5.92 Å². The second-order valence-electron chi connectivity index (χ2n) is 5.05. The number of hydrogen-bond donors (Lipinski definition) is 2. The van der Waals surface area contributed by atoms with Crippen LogP contribution in [0.1, 0.15) is 51.4 Å². The molecular formula is C12H21NO2. The van der Waals surface area contributed by atoms with Crippen LogP contribution in [0.4, 0.5) is 0 Å². The topological polar surface area (TPSA) is 49.3 Å². The molecule has 0 spiro atoms. The molecule has 2 aliphatic rings. The predicted octanol–water partition coefficient (Wildman–Crippen LogP) is 2.16. The zero-order chi connectivity index (χ0) is 10.7. The predicted molar refractivity (Wildman–Crippen MR) is 58.8 cm³/mol. The quantitative estimate of drug-likeness (QED) is 0.752. The van der Waals surface area contributed by atoms with E-state index in [4.69, 9.17) is 5.11 Å². The highest BCUT2D eigenvalue weighted by Gasteiger charge is 2.28. The molecule has 2 aliphatic carbocycles. The van der Waals surface area contributed by atoms with E-state index in [9.17, 15) is 4.79 Å². The zero-order valence-corrected chi connectivity index (χ0v) is 9.24. The van der Waals surface area contributed by atoms with Gasteiger partial charge < -0.3 is 10.4 Å². The molecule has 0 radical (unpaired) electrons. The Kier molecular flexibility index (Phi) is 3.62. The van der Waals surface area contributed by atoms with Gasteiger partial charge in [-0.25, -0.2) is 0 Å². The first-order valence-corrected chi connectivity index (χ1v) is 6.24. The molecule has 86 valence electrons. The van der Waals surface area contributed by atoms with E-state index < -0.39 is 5.97 Å². The van der Waals surface area contributed by atoms with E-state index in [-0.39, 0.29) is 5.92 Å². The van der Waals surface area contributed by atoms with Crippen LogP contribution in [0.15, 0.2) is 0 Å². The maximum Gasteiger partial charge on any atom is 0.306 e. The molecule has 3 heteroatoms. The molecule has 2 saturated carbocycles. The van der Waals surface area contributed by atoms with Gasteiger partial charge in [0.2, 0.25) is 0 Å². The zero-order valence-electron chi connectivity index (χ0n) is 9.24. The first-order valence-electron chi connectivity index (χ1n) is 6.24. The molecule has 0 amide bonds. The molecule has 2 fully saturated rings. The average molecular weight is 211 g/mol. The normalized spacial score (nSPS) is 33.1. The molecule has 2 rings (SSSR count). The van der Waals surface area contributed by atoms with Gasteiger partial charge in [0, 0.05) is 12.1 Å². The van der Waals surface area contributed by atoms with Crippen LogP contribution in [0.5, 0.6) is 0 Å². The SMILES string of the molecule is O=C(O)C1CCCC(NC2CCCC2)C1. The average Bonchev–Trinajstić information content (AvgIpc) is 2.71. The van der Waals surface area contributed by atoms with Gasteiger partial charge in [0.1, 0.15) is 0 Å². The monoisotopic (exact) mass is 211 g/mol. The maximum absolute atomic E-state index is 10.9. The molecule has 3 nitrogen and oxygen atoms in total. The Balaban J connectivity index is 1.79. The molecule has 2 unspecified atom stereocenters. The highest BCUT2D eigenvalue weighted by Crippen LogP contribution is 2.27. The third-order valence-electron chi connectivity index (χ3n) is 3.85. The van der Waals surface area contributed by atoms with E-state index in [1.54, 1.807) is 0 Å². The van der Waals surface area contributed by atoms with Gasteiger partial charge in [-0.05, 0) is 32.1 Å². The number of carboxylic acids is 1. The Morgan fingerprint density at radius 1 is 1.00 bits per heavy atom. The van der Waals surface area contributed by atoms with Gasteiger partial charge in [0.15, 0.2) is 0 Å². The van der Waals surface area contributed by atoms with Crippen LogP contribution < -0.4 is 5.32 Å². The molecular weight excluding hydrogens is 190 g/mol. The lowest BCUT2D eigenvalue weighted by Crippen LogP contribution is -2.41. The van der Waals surface area contributed by atoms with Crippen LogP contribution in [0.25, 0.3) is 0 Å². The fraction of sp³-hybridized carbons (Fsp3) is 0.917. The standard InChI is InChI=1S/C12H21NO2/c14-12(15)9-4-3-7-11(8-9)13-10-5-1-2-6-10/h9-11,13H,1-8H2,(H,14,15). The molecule has 0 bridgehead atoms. The highest BCUT2D eigenvalue weighted by atomic mass is 16.4. The number of aliphatic carboxylic acids is 1. The molecule has 2 N–H and O–H groups in total. The minimum Gasteiger partial charge on any atom is -0.481 e. The molecule has 0 heterocycles. The first kappa shape index (κ1) is 10.9. The van der Waals surface area contributed by atoms with Crippen molar-refractivity contribution in [3.8, 4) is 0 Å². The molecule has 0 aliphatic heterocycles. The third kappa shape index (κ3) is 2.94. The lowest BCUT2D eigenvalue weighted by atomic mass is 9.85. The van der Waals surface area contributed by atoms with Gasteiger partial charge in [-0.1, -0.05) is 19.3 Å². The summed E-state index contributed by atoms with van der Waals surface area (Å²) in [5.74, 6) is -0.703. The van der Waals surface area contributed by atoms with Crippen LogP contribution >= 0.6 is 0 Å². The molecule has 0 saturated heterocycles. The minimum absolute atomic E-state index is 0.0994. The molecule has 15 heavy (non-hydrogen) atoms. The Morgan fingerprint density at radius 2 is 1.67 bits per heavy atom.